The summed E-state index contributed by atoms with van der Waals surface area (Å²) >= 11 is 0. The SMILES string of the molecule is CC.CN(/N=C/c1c[nH]c2ccccc12)c1cc(N2CCCCC2)nc(OCCc2ccccn2)n1. The van der Waals surface area contributed by atoms with Crippen LogP contribution in [0.15, 0.2) is 66.0 Å². The lowest BCUT2D eigenvalue weighted by atomic mass is 10.1. The Hall–Kier alpha value is -3.94. The Balaban J connectivity index is 0.00000148. The highest BCUT2D eigenvalue weighted by molar-refractivity contribution is 5.99. The second kappa shape index (κ2) is 12.7. The topological polar surface area (TPSA) is 82.5 Å². The largest absolute Gasteiger partial charge is 0.463 e. The van der Waals surface area contributed by atoms with Gasteiger partial charge in [-0.15, -0.1) is 0 Å². The van der Waals surface area contributed by atoms with Crippen LogP contribution in [0.5, 0.6) is 6.01 Å². The van der Waals surface area contributed by atoms with Gasteiger partial charge in [-0.25, -0.2) is 0 Å². The number of ether oxygens (including phenoxy) is 1. The third-order valence-electron chi connectivity index (χ3n) is 6.00. The number of para-hydroxylation sites is 1. The fraction of sp³-hybridized carbons (Fsp3) is 0.357. The van der Waals surface area contributed by atoms with Crippen LogP contribution in [0.4, 0.5) is 11.6 Å². The number of anilines is 2. The van der Waals surface area contributed by atoms with E-state index in [4.69, 9.17) is 9.72 Å². The number of aromatic amines is 1. The van der Waals surface area contributed by atoms with Crippen molar-refractivity contribution in [1.82, 2.24) is 19.9 Å². The van der Waals surface area contributed by atoms with Crippen LogP contribution in [0.2, 0.25) is 0 Å². The molecule has 36 heavy (non-hydrogen) atoms. The van der Waals surface area contributed by atoms with Crippen LogP contribution in [0, 0.1) is 0 Å². The number of hydrazone groups is 1. The molecule has 0 unspecified atom stereocenters. The molecule has 1 aliphatic rings. The maximum Gasteiger partial charge on any atom is 0.320 e. The minimum atomic E-state index is 0.364. The molecule has 4 aromatic rings. The van der Waals surface area contributed by atoms with Gasteiger partial charge >= 0.3 is 6.01 Å². The highest BCUT2D eigenvalue weighted by atomic mass is 16.5. The lowest BCUT2D eigenvalue weighted by molar-refractivity contribution is 0.295. The van der Waals surface area contributed by atoms with Gasteiger partial charge in [0.15, 0.2) is 5.82 Å². The Morgan fingerprint density at radius 1 is 1.06 bits per heavy atom. The van der Waals surface area contributed by atoms with Crippen LogP contribution >= 0.6 is 0 Å². The number of rotatable bonds is 8. The first-order chi connectivity index (χ1) is 17.8. The van der Waals surface area contributed by atoms with Crippen LogP contribution in [0.25, 0.3) is 10.9 Å². The molecule has 0 atom stereocenters. The van der Waals surface area contributed by atoms with E-state index in [2.05, 4.69) is 37.1 Å². The van der Waals surface area contributed by atoms with Gasteiger partial charge in [-0.1, -0.05) is 38.1 Å². The number of pyridine rings is 1. The molecule has 188 valence electrons. The number of H-pyrrole nitrogens is 1. The molecule has 1 N–H and O–H groups in total. The molecule has 3 aromatic heterocycles. The van der Waals surface area contributed by atoms with Crippen LogP contribution in [0.3, 0.4) is 0 Å². The predicted molar refractivity (Wildman–Crippen MR) is 147 cm³/mol. The first kappa shape index (κ1) is 25.2. The molecule has 4 heterocycles. The molecule has 0 saturated carbocycles. The fourth-order valence-electron chi connectivity index (χ4n) is 4.12. The zero-order valence-electron chi connectivity index (χ0n) is 21.4. The summed E-state index contributed by atoms with van der Waals surface area (Å²) in [5.41, 5.74) is 3.10. The Kier molecular flexibility index (Phi) is 8.86. The van der Waals surface area contributed by atoms with Crippen molar-refractivity contribution in [2.75, 3.05) is 36.7 Å². The van der Waals surface area contributed by atoms with Crippen molar-refractivity contribution in [3.8, 4) is 6.01 Å². The Labute approximate surface area is 213 Å². The minimum Gasteiger partial charge on any atom is -0.463 e. The summed E-state index contributed by atoms with van der Waals surface area (Å²) in [5.74, 6) is 1.58. The molecule has 0 aliphatic carbocycles. The van der Waals surface area contributed by atoms with E-state index in [1.54, 1.807) is 11.2 Å². The molecular weight excluding hydrogens is 450 g/mol. The van der Waals surface area contributed by atoms with Gasteiger partial charge < -0.3 is 14.6 Å². The minimum absolute atomic E-state index is 0.364. The standard InChI is InChI=1S/C26H29N7O.C2H6/c1-32(29-19-20-18-28-23-11-4-3-10-22(20)23)24-17-25(33-14-7-2-8-15-33)31-26(30-24)34-16-12-21-9-5-6-13-27-21;1-2/h3-6,9-11,13,17-19,28H,2,7-8,12,14-16H2,1H3;1-2H3/b29-19+;. The average Bonchev–Trinajstić information content (AvgIpc) is 3.37. The number of fused-ring (bicyclic) bond motifs is 1. The smallest absolute Gasteiger partial charge is 0.320 e. The quantitative estimate of drug-likeness (QED) is 0.264. The Bertz CT molecular complexity index is 1250. The molecule has 0 bridgehead atoms. The van der Waals surface area contributed by atoms with E-state index in [9.17, 15) is 0 Å². The van der Waals surface area contributed by atoms with Crippen molar-refractivity contribution in [3.05, 3.63) is 72.2 Å². The van der Waals surface area contributed by atoms with E-state index in [1.807, 2.05) is 69.7 Å². The monoisotopic (exact) mass is 485 g/mol. The average molecular weight is 486 g/mol. The van der Waals surface area contributed by atoms with Gasteiger partial charge in [-0.05, 0) is 37.5 Å². The maximum atomic E-state index is 5.97. The molecule has 5 rings (SSSR count). The third-order valence-corrected chi connectivity index (χ3v) is 6.00. The van der Waals surface area contributed by atoms with Gasteiger partial charge in [0.25, 0.3) is 0 Å². The van der Waals surface area contributed by atoms with Crippen molar-refractivity contribution in [2.24, 2.45) is 5.10 Å². The van der Waals surface area contributed by atoms with E-state index in [-0.39, 0.29) is 0 Å². The number of nitrogens with zero attached hydrogens (tertiary/aromatic N) is 6. The van der Waals surface area contributed by atoms with Crippen molar-refractivity contribution in [1.29, 1.82) is 0 Å². The van der Waals surface area contributed by atoms with E-state index in [0.29, 0.717) is 24.9 Å². The maximum absolute atomic E-state index is 5.97. The molecule has 1 fully saturated rings. The third kappa shape index (κ3) is 6.38. The summed E-state index contributed by atoms with van der Waals surface area (Å²) < 4.78 is 5.97. The highest BCUT2D eigenvalue weighted by Gasteiger charge is 2.17. The van der Waals surface area contributed by atoms with Gasteiger partial charge in [0.05, 0.1) is 12.8 Å². The predicted octanol–water partition coefficient (Wildman–Crippen LogP) is 5.46. The van der Waals surface area contributed by atoms with E-state index in [1.165, 1.54) is 19.3 Å². The van der Waals surface area contributed by atoms with Gasteiger partial charge in [0, 0.05) is 67.2 Å². The van der Waals surface area contributed by atoms with E-state index < -0.39 is 0 Å². The van der Waals surface area contributed by atoms with Gasteiger partial charge in [-0.3, -0.25) is 9.99 Å². The highest BCUT2D eigenvalue weighted by Crippen LogP contribution is 2.25. The van der Waals surface area contributed by atoms with Gasteiger partial charge in [-0.2, -0.15) is 15.1 Å². The van der Waals surface area contributed by atoms with Crippen molar-refractivity contribution < 1.29 is 4.74 Å². The molecule has 1 aromatic carbocycles. The Morgan fingerprint density at radius 2 is 1.86 bits per heavy atom. The number of hydrogen-bond donors (Lipinski definition) is 1. The molecule has 1 aliphatic heterocycles. The molecule has 0 radical (unpaired) electrons. The number of hydrogen-bond acceptors (Lipinski definition) is 7. The second-order valence-corrected chi connectivity index (χ2v) is 8.39. The first-order valence-electron chi connectivity index (χ1n) is 12.8. The van der Waals surface area contributed by atoms with Crippen molar-refractivity contribution in [3.63, 3.8) is 0 Å². The molecular formula is C28H35N7O. The van der Waals surface area contributed by atoms with Crippen LogP contribution in [0.1, 0.15) is 44.4 Å². The second-order valence-electron chi connectivity index (χ2n) is 8.39. The van der Waals surface area contributed by atoms with Gasteiger partial charge in [0.1, 0.15) is 5.82 Å². The van der Waals surface area contributed by atoms with Gasteiger partial charge in [0.2, 0.25) is 0 Å². The zero-order valence-corrected chi connectivity index (χ0v) is 21.4. The molecule has 1 saturated heterocycles. The number of aromatic nitrogens is 4. The summed E-state index contributed by atoms with van der Waals surface area (Å²) in [5, 5.41) is 7.56. The lowest BCUT2D eigenvalue weighted by Crippen LogP contribution is -2.30. The summed E-state index contributed by atoms with van der Waals surface area (Å²) in [6.45, 7) is 6.44. The van der Waals surface area contributed by atoms with Crippen molar-refractivity contribution in [2.45, 2.75) is 39.5 Å². The van der Waals surface area contributed by atoms with E-state index >= 15 is 0 Å². The summed E-state index contributed by atoms with van der Waals surface area (Å²) in [6.07, 6.45) is 9.91. The van der Waals surface area contributed by atoms with Crippen LogP contribution in [-0.2, 0) is 6.42 Å². The number of piperidine rings is 1. The summed E-state index contributed by atoms with van der Waals surface area (Å²) in [7, 11) is 1.89. The van der Waals surface area contributed by atoms with Crippen molar-refractivity contribution >= 4 is 28.8 Å². The summed E-state index contributed by atoms with van der Waals surface area (Å²) in [6, 6.07) is 16.4. The van der Waals surface area contributed by atoms with Crippen LogP contribution < -0.4 is 14.6 Å². The first-order valence-corrected chi connectivity index (χ1v) is 12.8. The lowest BCUT2D eigenvalue weighted by Gasteiger charge is -2.28. The number of nitrogens with one attached hydrogen (secondary N) is 1. The Morgan fingerprint density at radius 3 is 2.67 bits per heavy atom. The number of benzene rings is 1. The molecule has 8 heteroatoms. The fourth-order valence-corrected chi connectivity index (χ4v) is 4.12. The van der Waals surface area contributed by atoms with E-state index in [0.717, 1.165) is 41.1 Å². The molecule has 8 nitrogen and oxygen atoms in total. The normalized spacial score (nSPS) is 13.5. The van der Waals surface area contributed by atoms with Crippen LogP contribution in [-0.4, -0.2) is 52.9 Å². The molecule has 0 amide bonds. The zero-order chi connectivity index (χ0) is 25.2. The summed E-state index contributed by atoms with van der Waals surface area (Å²) in [4.78, 5) is 19.3. The molecule has 0 spiro atoms.